The fraction of sp³-hybridized carbons (Fsp3) is 0.750. The monoisotopic (exact) mass is 198 g/mol. The van der Waals surface area contributed by atoms with Gasteiger partial charge in [-0.2, -0.15) is 0 Å². The van der Waals surface area contributed by atoms with Gasteiger partial charge < -0.3 is 4.74 Å². The summed E-state index contributed by atoms with van der Waals surface area (Å²) < 4.78 is 5.05. The van der Waals surface area contributed by atoms with Crippen molar-refractivity contribution in [3.63, 3.8) is 0 Å². The van der Waals surface area contributed by atoms with Gasteiger partial charge in [-0.1, -0.05) is 26.0 Å². The van der Waals surface area contributed by atoms with Crippen molar-refractivity contribution in [3.8, 4) is 0 Å². The first kappa shape index (κ1) is 13.2. The summed E-state index contributed by atoms with van der Waals surface area (Å²) in [6.45, 7) is 8.45. The van der Waals surface area contributed by atoms with Gasteiger partial charge in [0.25, 0.3) is 0 Å². The second-order valence-electron chi connectivity index (χ2n) is 3.36. The van der Waals surface area contributed by atoms with Crippen LogP contribution in [0.1, 0.15) is 40.5 Å². The van der Waals surface area contributed by atoms with Crippen LogP contribution in [0.25, 0.3) is 0 Å². The molecule has 0 fully saturated rings. The van der Waals surface area contributed by atoms with Gasteiger partial charge in [-0.05, 0) is 32.6 Å². The Balaban J connectivity index is 4.41. The number of carbonyl (C=O) groups is 1. The van der Waals surface area contributed by atoms with Crippen molar-refractivity contribution in [2.24, 2.45) is 11.8 Å². The Hall–Kier alpha value is -0.790. The predicted octanol–water partition coefficient (Wildman–Crippen LogP) is 3.18. The quantitative estimate of drug-likeness (QED) is 0.484. The minimum Gasteiger partial charge on any atom is -0.466 e. The molecule has 0 spiro atoms. The Morgan fingerprint density at radius 1 is 1.29 bits per heavy atom. The number of rotatable bonds is 6. The van der Waals surface area contributed by atoms with E-state index in [1.54, 1.807) is 0 Å². The van der Waals surface area contributed by atoms with E-state index in [9.17, 15) is 4.79 Å². The van der Waals surface area contributed by atoms with Crippen molar-refractivity contribution in [1.29, 1.82) is 0 Å². The van der Waals surface area contributed by atoms with Gasteiger partial charge in [0.15, 0.2) is 0 Å². The van der Waals surface area contributed by atoms with Crippen LogP contribution in [-0.4, -0.2) is 12.6 Å². The summed E-state index contributed by atoms with van der Waals surface area (Å²) in [6, 6.07) is 0. The molecule has 0 unspecified atom stereocenters. The third-order valence-electron chi connectivity index (χ3n) is 2.46. The first-order chi connectivity index (χ1) is 6.71. The molecule has 2 heteroatoms. The third-order valence-corrected chi connectivity index (χ3v) is 2.46. The Kier molecular flexibility index (Phi) is 7.17. The van der Waals surface area contributed by atoms with Crippen molar-refractivity contribution >= 4 is 5.97 Å². The van der Waals surface area contributed by atoms with E-state index in [4.69, 9.17) is 4.74 Å². The molecule has 0 saturated heterocycles. The lowest BCUT2D eigenvalue weighted by Crippen LogP contribution is -2.24. The lowest BCUT2D eigenvalue weighted by Gasteiger charge is -2.20. The molecule has 0 heterocycles. The van der Waals surface area contributed by atoms with Crippen LogP contribution in [0.15, 0.2) is 12.2 Å². The van der Waals surface area contributed by atoms with Crippen molar-refractivity contribution in [3.05, 3.63) is 12.2 Å². The fourth-order valence-electron chi connectivity index (χ4n) is 1.70. The summed E-state index contributed by atoms with van der Waals surface area (Å²) in [6.07, 6.45) is 5.95. The van der Waals surface area contributed by atoms with Gasteiger partial charge in [0.1, 0.15) is 0 Å². The molecule has 0 aliphatic heterocycles. The zero-order chi connectivity index (χ0) is 11.0. The van der Waals surface area contributed by atoms with Crippen LogP contribution in [0.4, 0.5) is 0 Å². The van der Waals surface area contributed by atoms with Crippen LogP contribution in [-0.2, 0) is 9.53 Å². The van der Waals surface area contributed by atoms with Gasteiger partial charge in [-0.15, -0.1) is 0 Å². The first-order valence-corrected chi connectivity index (χ1v) is 5.50. The number of ether oxygens (including phenoxy) is 1. The van der Waals surface area contributed by atoms with E-state index in [-0.39, 0.29) is 11.9 Å². The van der Waals surface area contributed by atoms with Gasteiger partial charge in [-0.3, -0.25) is 4.79 Å². The van der Waals surface area contributed by atoms with E-state index in [2.05, 4.69) is 13.0 Å². The molecule has 0 aromatic heterocycles. The fourth-order valence-corrected chi connectivity index (χ4v) is 1.70. The van der Waals surface area contributed by atoms with E-state index in [1.807, 2.05) is 26.8 Å². The van der Waals surface area contributed by atoms with E-state index < -0.39 is 0 Å². The Bertz CT molecular complexity index is 185. The highest BCUT2D eigenvalue weighted by Gasteiger charge is 2.24. The molecule has 0 aliphatic carbocycles. The molecule has 0 aromatic carbocycles. The van der Waals surface area contributed by atoms with Crippen LogP contribution in [0.5, 0.6) is 0 Å². The summed E-state index contributed by atoms with van der Waals surface area (Å²) in [5, 5.41) is 0. The molecule has 14 heavy (non-hydrogen) atoms. The molecule has 0 N–H and O–H groups in total. The second-order valence-corrected chi connectivity index (χ2v) is 3.36. The molecule has 0 radical (unpaired) electrons. The van der Waals surface area contributed by atoms with Gasteiger partial charge in [-0.25, -0.2) is 0 Å². The van der Waals surface area contributed by atoms with Gasteiger partial charge in [0.05, 0.1) is 12.5 Å². The maximum atomic E-state index is 11.6. The predicted molar refractivity (Wildman–Crippen MR) is 59.0 cm³/mol. The molecule has 2 atom stereocenters. The largest absolute Gasteiger partial charge is 0.466 e. The van der Waals surface area contributed by atoms with Crippen LogP contribution < -0.4 is 0 Å². The average molecular weight is 198 g/mol. The van der Waals surface area contributed by atoms with Crippen LogP contribution in [0.2, 0.25) is 0 Å². The van der Waals surface area contributed by atoms with Crippen LogP contribution in [0.3, 0.4) is 0 Å². The molecule has 0 aromatic rings. The van der Waals surface area contributed by atoms with E-state index in [1.165, 1.54) is 0 Å². The highest BCUT2D eigenvalue weighted by molar-refractivity contribution is 5.73. The Labute approximate surface area is 87.3 Å². The summed E-state index contributed by atoms with van der Waals surface area (Å²) in [7, 11) is 0. The summed E-state index contributed by atoms with van der Waals surface area (Å²) >= 11 is 0. The molecule has 0 amide bonds. The molecular formula is C12H22O2. The van der Waals surface area contributed by atoms with E-state index >= 15 is 0 Å². The highest BCUT2D eigenvalue weighted by Crippen LogP contribution is 2.22. The number of allylic oxidation sites excluding steroid dienone is 2. The zero-order valence-corrected chi connectivity index (χ0v) is 9.75. The average Bonchev–Trinajstić information content (AvgIpc) is 2.18. The molecule has 0 bridgehead atoms. The number of hydrogen-bond acceptors (Lipinski definition) is 2. The topological polar surface area (TPSA) is 26.3 Å². The SMILES string of the molecule is C/C=C/[C@H](CC)[C@@H](CC)C(=O)OCC. The van der Waals surface area contributed by atoms with Crippen LogP contribution >= 0.6 is 0 Å². The van der Waals surface area contributed by atoms with E-state index in [0.29, 0.717) is 12.5 Å². The smallest absolute Gasteiger partial charge is 0.309 e. The number of hydrogen-bond donors (Lipinski definition) is 0. The third kappa shape index (κ3) is 3.95. The normalized spacial score (nSPS) is 15.4. The minimum absolute atomic E-state index is 0.0242. The Morgan fingerprint density at radius 3 is 2.29 bits per heavy atom. The number of esters is 1. The van der Waals surface area contributed by atoms with Crippen molar-refractivity contribution < 1.29 is 9.53 Å². The molecule has 0 aliphatic rings. The van der Waals surface area contributed by atoms with E-state index in [0.717, 1.165) is 12.8 Å². The number of carbonyl (C=O) groups excluding carboxylic acids is 1. The molecular weight excluding hydrogens is 176 g/mol. The first-order valence-electron chi connectivity index (χ1n) is 5.50. The molecule has 2 nitrogen and oxygen atoms in total. The lowest BCUT2D eigenvalue weighted by molar-refractivity contribution is -0.149. The van der Waals surface area contributed by atoms with Gasteiger partial charge in [0, 0.05) is 0 Å². The van der Waals surface area contributed by atoms with Gasteiger partial charge >= 0.3 is 5.97 Å². The van der Waals surface area contributed by atoms with Crippen molar-refractivity contribution in [1.82, 2.24) is 0 Å². The molecule has 0 rings (SSSR count). The maximum Gasteiger partial charge on any atom is 0.309 e. The summed E-state index contributed by atoms with van der Waals surface area (Å²) in [5.41, 5.74) is 0. The van der Waals surface area contributed by atoms with Crippen molar-refractivity contribution in [2.45, 2.75) is 40.5 Å². The second kappa shape index (κ2) is 7.60. The summed E-state index contributed by atoms with van der Waals surface area (Å²) in [5.74, 6) is 0.292. The molecule has 0 saturated carbocycles. The zero-order valence-electron chi connectivity index (χ0n) is 9.75. The minimum atomic E-state index is -0.0556. The highest BCUT2D eigenvalue weighted by atomic mass is 16.5. The van der Waals surface area contributed by atoms with Crippen LogP contribution in [0, 0.1) is 11.8 Å². The summed E-state index contributed by atoms with van der Waals surface area (Å²) in [4.78, 5) is 11.6. The Morgan fingerprint density at radius 2 is 1.93 bits per heavy atom. The maximum absolute atomic E-state index is 11.6. The van der Waals surface area contributed by atoms with Gasteiger partial charge in [0.2, 0.25) is 0 Å². The van der Waals surface area contributed by atoms with Crippen molar-refractivity contribution in [2.75, 3.05) is 6.61 Å². The standard InChI is InChI=1S/C12H22O2/c1-5-9-10(6-2)11(7-3)12(13)14-8-4/h5,9-11H,6-8H2,1-4H3/b9-5+/t10-,11+/m0/s1. The molecule has 82 valence electrons. The lowest BCUT2D eigenvalue weighted by atomic mass is 9.87.